The number of furan rings is 1. The maximum Gasteiger partial charge on any atom is 0.223 e. The van der Waals surface area contributed by atoms with Crippen molar-refractivity contribution in [3.63, 3.8) is 0 Å². The zero-order valence-electron chi connectivity index (χ0n) is 22.6. The largest absolute Gasteiger partial charge is 0.491 e. The molecule has 6 heterocycles. The number of morpholine rings is 1. The van der Waals surface area contributed by atoms with Crippen molar-refractivity contribution in [1.29, 1.82) is 0 Å². The number of ether oxygens (including phenoxy) is 2. The van der Waals surface area contributed by atoms with Crippen LogP contribution >= 0.6 is 0 Å². The minimum absolute atomic E-state index is 0.0142. The van der Waals surface area contributed by atoms with E-state index in [4.69, 9.17) is 19.6 Å². The smallest absolute Gasteiger partial charge is 0.223 e. The van der Waals surface area contributed by atoms with E-state index in [1.54, 1.807) is 23.0 Å². The molecule has 1 unspecified atom stereocenters. The van der Waals surface area contributed by atoms with Gasteiger partial charge in [-0.3, -0.25) is 4.90 Å². The number of nitrogens with two attached hydrogens (primary N) is 1. The number of nitrogens with one attached hydrogen (secondary N) is 1. The van der Waals surface area contributed by atoms with Gasteiger partial charge in [0.2, 0.25) is 5.95 Å². The minimum Gasteiger partial charge on any atom is -0.491 e. The quantitative estimate of drug-likeness (QED) is 0.292. The molecule has 4 aromatic heterocycles. The van der Waals surface area contributed by atoms with Crippen LogP contribution in [0.15, 0.2) is 53.3 Å². The first-order valence-corrected chi connectivity index (χ1v) is 13.9. The Morgan fingerprint density at radius 2 is 2.02 bits per heavy atom. The second-order valence-electron chi connectivity index (χ2n) is 10.3. The van der Waals surface area contributed by atoms with Gasteiger partial charge in [0.25, 0.3) is 0 Å². The van der Waals surface area contributed by atoms with E-state index in [0.29, 0.717) is 48.6 Å². The third kappa shape index (κ3) is 5.19. The van der Waals surface area contributed by atoms with E-state index in [9.17, 15) is 4.39 Å². The van der Waals surface area contributed by atoms with Crippen LogP contribution in [-0.4, -0.2) is 94.4 Å². The lowest BCUT2D eigenvalue weighted by molar-refractivity contribution is 0.000140. The molecule has 0 spiro atoms. The fourth-order valence-corrected chi connectivity index (χ4v) is 5.49. The van der Waals surface area contributed by atoms with Gasteiger partial charge in [-0.2, -0.15) is 19.7 Å². The molecule has 12 nitrogen and oxygen atoms in total. The summed E-state index contributed by atoms with van der Waals surface area (Å²) in [6.07, 6.45) is 3.40. The second-order valence-corrected chi connectivity index (χ2v) is 10.3. The van der Waals surface area contributed by atoms with Gasteiger partial charge < -0.3 is 29.8 Å². The Hall–Kier alpha value is -4.20. The van der Waals surface area contributed by atoms with E-state index in [-0.39, 0.29) is 11.9 Å². The SMILES string of the molecule is Nc1nc2c(cnn2CCN2CCN(c3ccc(OCC4CNCCO4)cc3F)CC2)c2cc(-c3ccco3)nn12. The third-order valence-electron chi connectivity index (χ3n) is 7.71. The number of aromatic nitrogens is 5. The first kappa shape index (κ1) is 25.7. The third-order valence-corrected chi connectivity index (χ3v) is 7.71. The van der Waals surface area contributed by atoms with Crippen molar-refractivity contribution in [2.75, 3.05) is 69.7 Å². The molecule has 0 radical (unpaired) electrons. The number of hydrogen-bond acceptors (Lipinski definition) is 10. The van der Waals surface area contributed by atoms with Gasteiger partial charge in [-0.15, -0.1) is 0 Å². The van der Waals surface area contributed by atoms with Crippen molar-refractivity contribution >= 4 is 28.2 Å². The number of piperazine rings is 1. The summed E-state index contributed by atoms with van der Waals surface area (Å²) >= 11 is 0. The van der Waals surface area contributed by atoms with Crippen LogP contribution in [0.3, 0.4) is 0 Å². The average molecular weight is 562 g/mol. The van der Waals surface area contributed by atoms with Crippen molar-refractivity contribution in [2.24, 2.45) is 0 Å². The van der Waals surface area contributed by atoms with Crippen LogP contribution in [-0.2, 0) is 11.3 Å². The monoisotopic (exact) mass is 561 g/mol. The Bertz CT molecular complexity index is 1640. The van der Waals surface area contributed by atoms with E-state index < -0.39 is 0 Å². The van der Waals surface area contributed by atoms with Gasteiger partial charge in [0.15, 0.2) is 11.4 Å². The van der Waals surface area contributed by atoms with E-state index in [2.05, 4.69) is 30.3 Å². The van der Waals surface area contributed by atoms with Crippen molar-refractivity contribution in [1.82, 2.24) is 34.6 Å². The van der Waals surface area contributed by atoms with Crippen molar-refractivity contribution in [2.45, 2.75) is 12.6 Å². The van der Waals surface area contributed by atoms with Crippen molar-refractivity contribution < 1.29 is 18.3 Å². The Morgan fingerprint density at radius 3 is 2.80 bits per heavy atom. The molecule has 0 bridgehead atoms. The summed E-state index contributed by atoms with van der Waals surface area (Å²) in [5, 5.41) is 13.3. The first-order chi connectivity index (χ1) is 20.1. The van der Waals surface area contributed by atoms with Crippen molar-refractivity contribution in [3.8, 4) is 17.2 Å². The normalized spacial score (nSPS) is 18.5. The molecule has 1 aromatic carbocycles. The molecule has 214 valence electrons. The summed E-state index contributed by atoms with van der Waals surface area (Å²) in [6.45, 7) is 7.21. The van der Waals surface area contributed by atoms with E-state index >= 15 is 0 Å². The number of nitrogen functional groups attached to an aromatic ring is 1. The van der Waals surface area contributed by atoms with Crippen LogP contribution in [0, 0.1) is 5.82 Å². The van der Waals surface area contributed by atoms with E-state index in [1.165, 1.54) is 6.07 Å². The summed E-state index contributed by atoms with van der Waals surface area (Å²) in [4.78, 5) is 9.03. The Balaban J connectivity index is 0.962. The zero-order chi connectivity index (χ0) is 27.8. The molecule has 41 heavy (non-hydrogen) atoms. The van der Waals surface area contributed by atoms with Gasteiger partial charge >= 0.3 is 0 Å². The molecule has 7 rings (SSSR count). The standard InChI is InChI=1S/C28H32FN9O3/c29-22-14-19(41-18-20-16-31-5-13-39-20)3-4-24(22)36-9-6-35(7-10-36)8-11-37-27-21(17-32-37)25-15-23(26-2-1-12-40-26)34-38(25)28(30)33-27/h1-4,12,14-15,17,20,31H,5-11,13,16,18H2,(H2,30,33). The van der Waals surface area contributed by atoms with Crippen LogP contribution in [0.2, 0.25) is 0 Å². The molecule has 2 aliphatic rings. The predicted molar refractivity (Wildman–Crippen MR) is 152 cm³/mol. The highest BCUT2D eigenvalue weighted by atomic mass is 19.1. The van der Waals surface area contributed by atoms with Gasteiger partial charge in [-0.1, -0.05) is 0 Å². The summed E-state index contributed by atoms with van der Waals surface area (Å²) in [7, 11) is 0. The highest BCUT2D eigenvalue weighted by Gasteiger charge is 2.22. The number of benzene rings is 1. The van der Waals surface area contributed by atoms with Crippen molar-refractivity contribution in [3.05, 3.63) is 54.7 Å². The number of fused-ring (bicyclic) bond motifs is 3. The van der Waals surface area contributed by atoms with Crippen LogP contribution in [0.25, 0.3) is 28.0 Å². The summed E-state index contributed by atoms with van der Waals surface area (Å²) in [5.41, 5.74) is 9.09. The molecule has 0 amide bonds. The predicted octanol–water partition coefficient (Wildman–Crippen LogP) is 2.25. The number of hydrogen-bond donors (Lipinski definition) is 2. The molecule has 5 aromatic rings. The topological polar surface area (TPSA) is 124 Å². The highest BCUT2D eigenvalue weighted by molar-refractivity contribution is 5.93. The molecular weight excluding hydrogens is 529 g/mol. The molecule has 2 aliphatic heterocycles. The molecule has 3 N–H and O–H groups in total. The Kier molecular flexibility index (Phi) is 6.90. The lowest BCUT2D eigenvalue weighted by Gasteiger charge is -2.36. The molecule has 0 aliphatic carbocycles. The molecular formula is C28H32FN9O3. The molecule has 0 saturated carbocycles. The Labute approximate surface area is 235 Å². The van der Waals surface area contributed by atoms with Gasteiger partial charge in [0, 0.05) is 51.9 Å². The number of rotatable bonds is 8. The second kappa shape index (κ2) is 11.0. The fraction of sp³-hybridized carbons (Fsp3) is 0.393. The number of halogens is 1. The lowest BCUT2D eigenvalue weighted by Crippen LogP contribution is -2.47. The van der Waals surface area contributed by atoms with Gasteiger partial charge in [-0.25, -0.2) is 9.07 Å². The first-order valence-electron chi connectivity index (χ1n) is 13.9. The molecule has 13 heteroatoms. The van der Waals surface area contributed by atoms with Gasteiger partial charge in [0.05, 0.1) is 42.2 Å². The molecule has 2 saturated heterocycles. The molecule has 1 atom stereocenters. The van der Waals surface area contributed by atoms with Gasteiger partial charge in [-0.05, 0) is 30.3 Å². The lowest BCUT2D eigenvalue weighted by atomic mass is 10.2. The maximum absolute atomic E-state index is 15.0. The van der Waals surface area contributed by atoms with E-state index in [1.807, 2.05) is 28.9 Å². The fourth-order valence-electron chi connectivity index (χ4n) is 5.49. The number of anilines is 2. The number of nitrogens with zero attached hydrogens (tertiary/aromatic N) is 7. The molecule has 2 fully saturated rings. The minimum atomic E-state index is -0.272. The highest BCUT2D eigenvalue weighted by Crippen LogP contribution is 2.27. The van der Waals surface area contributed by atoms with Gasteiger partial charge in [0.1, 0.15) is 30.0 Å². The van der Waals surface area contributed by atoms with Crippen LogP contribution in [0.5, 0.6) is 5.75 Å². The average Bonchev–Trinajstić information content (AvgIpc) is 3.76. The summed E-state index contributed by atoms with van der Waals surface area (Å²) in [5.74, 6) is 1.20. The summed E-state index contributed by atoms with van der Waals surface area (Å²) < 4.78 is 35.4. The van der Waals surface area contributed by atoms with E-state index in [0.717, 1.165) is 62.4 Å². The van der Waals surface area contributed by atoms with Crippen LogP contribution < -0.4 is 20.7 Å². The summed E-state index contributed by atoms with van der Waals surface area (Å²) in [6, 6.07) is 10.7. The Morgan fingerprint density at radius 1 is 1.12 bits per heavy atom. The zero-order valence-corrected chi connectivity index (χ0v) is 22.6. The maximum atomic E-state index is 15.0. The van der Waals surface area contributed by atoms with Crippen LogP contribution in [0.4, 0.5) is 16.0 Å². The van der Waals surface area contributed by atoms with Crippen LogP contribution in [0.1, 0.15) is 0 Å².